The summed E-state index contributed by atoms with van der Waals surface area (Å²) < 4.78 is 10.5. The van der Waals surface area contributed by atoms with E-state index in [2.05, 4.69) is 12.2 Å². The van der Waals surface area contributed by atoms with Crippen LogP contribution >= 0.6 is 0 Å². The van der Waals surface area contributed by atoms with E-state index in [0.717, 1.165) is 5.56 Å². The first-order valence-corrected chi connectivity index (χ1v) is 6.78. The van der Waals surface area contributed by atoms with E-state index < -0.39 is 5.97 Å². The van der Waals surface area contributed by atoms with Crippen molar-refractivity contribution >= 4 is 11.9 Å². The Morgan fingerprint density at radius 2 is 2.10 bits per heavy atom. The van der Waals surface area contributed by atoms with Gasteiger partial charge in [-0.05, 0) is 19.9 Å². The molecule has 0 saturated heterocycles. The van der Waals surface area contributed by atoms with Crippen molar-refractivity contribution in [3.8, 4) is 5.75 Å². The smallest absolute Gasteiger partial charge is 0.325 e. The quantitative estimate of drug-likeness (QED) is 0.853. The van der Waals surface area contributed by atoms with E-state index in [1.165, 1.54) is 0 Å². The molecule has 2 atom stereocenters. The van der Waals surface area contributed by atoms with Gasteiger partial charge in [0, 0.05) is 11.5 Å². The van der Waals surface area contributed by atoms with Crippen LogP contribution in [0.5, 0.6) is 5.75 Å². The second-order valence-electron chi connectivity index (χ2n) is 4.82. The van der Waals surface area contributed by atoms with Gasteiger partial charge in [-0.2, -0.15) is 0 Å². The van der Waals surface area contributed by atoms with Crippen molar-refractivity contribution in [2.24, 2.45) is 0 Å². The second kappa shape index (κ2) is 5.94. The zero-order valence-electron chi connectivity index (χ0n) is 11.9. The average molecular weight is 277 g/mol. The topological polar surface area (TPSA) is 64.6 Å². The Morgan fingerprint density at radius 1 is 1.35 bits per heavy atom. The van der Waals surface area contributed by atoms with Crippen LogP contribution in [0.3, 0.4) is 0 Å². The minimum atomic E-state index is -0.448. The van der Waals surface area contributed by atoms with E-state index in [0.29, 0.717) is 17.9 Å². The van der Waals surface area contributed by atoms with Gasteiger partial charge in [0.2, 0.25) is 0 Å². The molecule has 1 N–H and O–H groups in total. The number of rotatable bonds is 4. The molecule has 20 heavy (non-hydrogen) atoms. The number of benzene rings is 1. The van der Waals surface area contributed by atoms with Crippen LogP contribution in [0.2, 0.25) is 0 Å². The first-order chi connectivity index (χ1) is 9.54. The fraction of sp³-hybridized carbons (Fsp3) is 0.467. The van der Waals surface area contributed by atoms with Crippen molar-refractivity contribution in [3.05, 3.63) is 29.3 Å². The normalized spacial score (nSPS) is 19.9. The number of fused-ring (bicyclic) bond motifs is 1. The predicted octanol–water partition coefficient (Wildman–Crippen LogP) is 1.86. The number of hydrogen-bond acceptors (Lipinski definition) is 4. The molecule has 1 aromatic carbocycles. The molecule has 2 rings (SSSR count). The summed E-state index contributed by atoms with van der Waals surface area (Å²) in [6.07, 6.45) is 0.0454. The summed E-state index contributed by atoms with van der Waals surface area (Å²) in [6.45, 7) is 5.93. The summed E-state index contributed by atoms with van der Waals surface area (Å²) in [5, 5.41) is 2.55. The van der Waals surface area contributed by atoms with Crippen LogP contribution in [0.15, 0.2) is 18.2 Å². The molecule has 0 unspecified atom stereocenters. The molecule has 0 aliphatic carbocycles. The number of hydrogen-bond donors (Lipinski definition) is 1. The summed E-state index contributed by atoms with van der Waals surface area (Å²) >= 11 is 0. The Kier molecular flexibility index (Phi) is 4.27. The molecule has 1 amide bonds. The minimum absolute atomic E-state index is 0.0454. The number of nitrogens with one attached hydrogen (secondary N) is 1. The van der Waals surface area contributed by atoms with Crippen molar-refractivity contribution < 1.29 is 19.1 Å². The number of amides is 1. The van der Waals surface area contributed by atoms with Gasteiger partial charge in [0.15, 0.2) is 0 Å². The summed E-state index contributed by atoms with van der Waals surface area (Å²) in [6, 6.07) is 5.49. The van der Waals surface area contributed by atoms with E-state index >= 15 is 0 Å². The zero-order chi connectivity index (χ0) is 14.7. The van der Waals surface area contributed by atoms with Gasteiger partial charge in [-0.25, -0.2) is 0 Å². The fourth-order valence-corrected chi connectivity index (χ4v) is 2.22. The lowest BCUT2D eigenvalue weighted by atomic mass is 9.97. The molecular weight excluding hydrogens is 258 g/mol. The number of esters is 1. The monoisotopic (exact) mass is 277 g/mol. The van der Waals surface area contributed by atoms with E-state index in [1.807, 2.05) is 19.1 Å². The molecule has 1 heterocycles. The highest BCUT2D eigenvalue weighted by Crippen LogP contribution is 2.40. The van der Waals surface area contributed by atoms with E-state index in [-0.39, 0.29) is 24.5 Å². The molecule has 0 saturated carbocycles. The maximum atomic E-state index is 12.1. The van der Waals surface area contributed by atoms with Crippen LogP contribution in [0.4, 0.5) is 0 Å². The summed E-state index contributed by atoms with van der Waals surface area (Å²) in [4.78, 5) is 23.4. The van der Waals surface area contributed by atoms with Gasteiger partial charge in [0.1, 0.15) is 18.4 Å². The van der Waals surface area contributed by atoms with E-state index in [9.17, 15) is 9.59 Å². The van der Waals surface area contributed by atoms with Gasteiger partial charge >= 0.3 is 5.97 Å². The molecule has 1 aromatic rings. The van der Waals surface area contributed by atoms with Crippen LogP contribution in [0.1, 0.15) is 42.6 Å². The van der Waals surface area contributed by atoms with Crippen LogP contribution in [0.25, 0.3) is 0 Å². The molecule has 5 heteroatoms. The maximum Gasteiger partial charge on any atom is 0.325 e. The Bertz CT molecular complexity index is 527. The first-order valence-electron chi connectivity index (χ1n) is 6.78. The lowest BCUT2D eigenvalue weighted by molar-refractivity contribution is -0.141. The SMILES string of the molecule is CCOC(=O)CNC(=O)c1cccc2c1O[C@H](C)[C@@H]2C. The lowest BCUT2D eigenvalue weighted by Crippen LogP contribution is -2.30. The van der Waals surface area contributed by atoms with Crippen LogP contribution in [0, 0.1) is 0 Å². The van der Waals surface area contributed by atoms with Gasteiger partial charge in [0.25, 0.3) is 5.91 Å². The molecule has 0 radical (unpaired) electrons. The van der Waals surface area contributed by atoms with Crippen LogP contribution in [-0.4, -0.2) is 31.1 Å². The third kappa shape index (κ3) is 2.76. The molecule has 1 aliphatic rings. The zero-order valence-corrected chi connectivity index (χ0v) is 11.9. The van der Waals surface area contributed by atoms with Crippen molar-refractivity contribution in [1.82, 2.24) is 5.32 Å². The molecule has 0 spiro atoms. The molecule has 0 fully saturated rings. The van der Waals surface area contributed by atoms with E-state index in [4.69, 9.17) is 9.47 Å². The Labute approximate surface area is 118 Å². The summed E-state index contributed by atoms with van der Waals surface area (Å²) in [5.41, 5.74) is 1.49. The standard InChI is InChI=1S/C15H19NO4/c1-4-19-13(17)8-16-15(18)12-7-5-6-11-9(2)10(3)20-14(11)12/h5-7,9-10H,4,8H2,1-3H3,(H,16,18)/t9-,10+/m0/s1. The van der Waals surface area contributed by atoms with Gasteiger partial charge in [0.05, 0.1) is 12.2 Å². The third-order valence-electron chi connectivity index (χ3n) is 3.49. The van der Waals surface area contributed by atoms with Crippen LogP contribution in [-0.2, 0) is 9.53 Å². The highest BCUT2D eigenvalue weighted by atomic mass is 16.5. The summed E-state index contributed by atoms with van der Waals surface area (Å²) in [5.74, 6) is 0.101. The van der Waals surface area contributed by atoms with Crippen molar-refractivity contribution in [2.75, 3.05) is 13.2 Å². The number of ether oxygens (including phenoxy) is 2. The molecule has 0 bridgehead atoms. The van der Waals surface area contributed by atoms with Gasteiger partial charge < -0.3 is 14.8 Å². The Balaban J connectivity index is 2.11. The number of para-hydroxylation sites is 1. The van der Waals surface area contributed by atoms with Crippen molar-refractivity contribution in [3.63, 3.8) is 0 Å². The Hall–Kier alpha value is -2.04. The lowest BCUT2D eigenvalue weighted by Gasteiger charge is -2.09. The summed E-state index contributed by atoms with van der Waals surface area (Å²) in [7, 11) is 0. The molecular formula is C15H19NO4. The minimum Gasteiger partial charge on any atom is -0.489 e. The molecule has 5 nitrogen and oxygen atoms in total. The van der Waals surface area contributed by atoms with Crippen LogP contribution < -0.4 is 10.1 Å². The Morgan fingerprint density at radius 3 is 2.80 bits per heavy atom. The number of carbonyl (C=O) groups is 2. The third-order valence-corrected chi connectivity index (χ3v) is 3.49. The fourth-order valence-electron chi connectivity index (χ4n) is 2.22. The highest BCUT2D eigenvalue weighted by molar-refractivity contribution is 5.99. The van der Waals surface area contributed by atoms with Gasteiger partial charge in [-0.3, -0.25) is 9.59 Å². The average Bonchev–Trinajstić information content (AvgIpc) is 2.72. The van der Waals surface area contributed by atoms with Gasteiger partial charge in [-0.1, -0.05) is 19.1 Å². The highest BCUT2D eigenvalue weighted by Gasteiger charge is 2.31. The number of carbonyl (C=O) groups excluding carboxylic acids is 2. The predicted molar refractivity (Wildman–Crippen MR) is 73.9 cm³/mol. The van der Waals surface area contributed by atoms with Crippen molar-refractivity contribution in [2.45, 2.75) is 32.8 Å². The largest absolute Gasteiger partial charge is 0.489 e. The molecule has 108 valence electrons. The van der Waals surface area contributed by atoms with Crippen molar-refractivity contribution in [1.29, 1.82) is 0 Å². The molecule has 0 aromatic heterocycles. The van der Waals surface area contributed by atoms with E-state index in [1.54, 1.807) is 13.0 Å². The second-order valence-corrected chi connectivity index (χ2v) is 4.82. The van der Waals surface area contributed by atoms with Gasteiger partial charge in [-0.15, -0.1) is 0 Å². The maximum absolute atomic E-state index is 12.1. The molecule has 1 aliphatic heterocycles. The first kappa shape index (κ1) is 14.4.